The quantitative estimate of drug-likeness (QED) is 0.195. The summed E-state index contributed by atoms with van der Waals surface area (Å²) < 4.78 is -0.634. The molecule has 3 saturated heterocycles. The summed E-state index contributed by atoms with van der Waals surface area (Å²) in [6.07, 6.45) is 10.6. The second-order valence-corrected chi connectivity index (χ2v) is 13.6. The summed E-state index contributed by atoms with van der Waals surface area (Å²) in [6.45, 7) is 14.2. The van der Waals surface area contributed by atoms with Gasteiger partial charge in [0.1, 0.15) is 6.04 Å². The highest BCUT2D eigenvalue weighted by Crippen LogP contribution is 2.69. The van der Waals surface area contributed by atoms with Crippen molar-refractivity contribution in [1.29, 1.82) is 0 Å². The zero-order valence-corrected chi connectivity index (χ0v) is 26.3. The van der Waals surface area contributed by atoms with E-state index in [2.05, 4.69) is 27.0 Å². The molecule has 3 fully saturated rings. The van der Waals surface area contributed by atoms with Gasteiger partial charge in [0.2, 0.25) is 17.7 Å². The Bertz CT molecular complexity index is 1110. The summed E-state index contributed by atoms with van der Waals surface area (Å²) in [7, 11) is 0. The third-order valence-corrected chi connectivity index (χ3v) is 11.5. The van der Waals surface area contributed by atoms with E-state index >= 15 is 0 Å². The number of nitrogens with zero attached hydrogens (tertiary/aromatic N) is 3. The molecule has 6 atom stereocenters. The van der Waals surface area contributed by atoms with Crippen molar-refractivity contribution >= 4 is 35.2 Å². The Morgan fingerprint density at radius 1 is 1.05 bits per heavy atom. The average molecular weight is 596 g/mol. The van der Waals surface area contributed by atoms with E-state index in [0.29, 0.717) is 26.2 Å². The fourth-order valence-corrected chi connectivity index (χ4v) is 9.89. The predicted octanol–water partition coefficient (Wildman–Crippen LogP) is 5.30. The second kappa shape index (κ2) is 14.7. The van der Waals surface area contributed by atoms with E-state index in [1.165, 1.54) is 0 Å². The second-order valence-electron chi connectivity index (χ2n) is 12.1. The van der Waals surface area contributed by atoms with Crippen LogP contribution >= 0.6 is 11.8 Å². The number of carbonyl (C=O) groups is 3. The van der Waals surface area contributed by atoms with Crippen molar-refractivity contribution in [3.05, 3.63) is 55.6 Å². The zero-order chi connectivity index (χ0) is 30.3. The van der Waals surface area contributed by atoms with E-state index in [0.717, 1.165) is 57.1 Å². The van der Waals surface area contributed by atoms with Crippen LogP contribution in [0.15, 0.2) is 55.6 Å². The Kier molecular flexibility index (Phi) is 11.3. The molecule has 3 aliphatic rings. The molecule has 3 aliphatic heterocycles. The standard InChI is InChI=1S/C34H49N3O4S/c1-5-8-14-21-35(19-6-2)33(41)30-34-25(4)24-27(42-34)28(29(34)32(40)37(30)22-15-9-10-16-23-38)31(39)36(20-7-3)26-17-12-11-13-18-26/h6-7,11-13,17-18,25,27-30,38H,2-3,5,8-10,14-16,19-24H2,1,4H3/t25?,27-,28+,29-,30?,34?/m0/s1. The van der Waals surface area contributed by atoms with Gasteiger partial charge in [0.05, 0.1) is 16.6 Å². The SMILES string of the molecule is C=CCN(CCCCC)C(=O)C1N(CCCCCCO)C(=O)[C@@H]2[C@H](C(=O)N(CC=C)c3ccccc3)[C@@H]3CC(C)C12S3. The number of para-hydroxylation sites is 1. The molecule has 1 aromatic rings. The van der Waals surface area contributed by atoms with Crippen LogP contribution in [-0.2, 0) is 14.4 Å². The molecule has 0 aromatic heterocycles. The lowest BCUT2D eigenvalue weighted by Crippen LogP contribution is -2.57. The Morgan fingerprint density at radius 3 is 2.43 bits per heavy atom. The van der Waals surface area contributed by atoms with Crippen molar-refractivity contribution in [3.63, 3.8) is 0 Å². The number of unbranched alkanes of at least 4 members (excludes halogenated alkanes) is 5. The van der Waals surface area contributed by atoms with E-state index in [1.807, 2.05) is 40.1 Å². The van der Waals surface area contributed by atoms with Gasteiger partial charge in [-0.25, -0.2) is 0 Å². The van der Waals surface area contributed by atoms with Crippen molar-refractivity contribution in [3.8, 4) is 0 Å². The van der Waals surface area contributed by atoms with Crippen LogP contribution in [0.4, 0.5) is 5.69 Å². The number of anilines is 1. The number of fused-ring (bicyclic) bond motifs is 1. The smallest absolute Gasteiger partial charge is 0.247 e. The summed E-state index contributed by atoms with van der Waals surface area (Å²) in [6, 6.07) is 9.00. The molecule has 3 heterocycles. The first-order chi connectivity index (χ1) is 20.4. The maximum absolute atomic E-state index is 14.6. The molecule has 8 heteroatoms. The number of rotatable bonds is 17. The van der Waals surface area contributed by atoms with Gasteiger partial charge in [0.15, 0.2) is 0 Å². The normalized spacial score (nSPS) is 27.6. The lowest BCUT2D eigenvalue weighted by Gasteiger charge is -2.41. The Morgan fingerprint density at radius 2 is 1.76 bits per heavy atom. The summed E-state index contributed by atoms with van der Waals surface area (Å²) in [5, 5.41) is 9.21. The van der Waals surface area contributed by atoms with E-state index < -0.39 is 22.6 Å². The van der Waals surface area contributed by atoms with Crippen LogP contribution in [0.3, 0.4) is 0 Å². The minimum atomic E-state index is -0.634. The first-order valence-electron chi connectivity index (χ1n) is 15.8. The third kappa shape index (κ3) is 6.07. The maximum Gasteiger partial charge on any atom is 0.247 e. The number of carbonyl (C=O) groups excluding carboxylic acids is 3. The molecule has 1 N–H and O–H groups in total. The van der Waals surface area contributed by atoms with Crippen LogP contribution in [0.2, 0.25) is 0 Å². The van der Waals surface area contributed by atoms with Crippen LogP contribution in [0, 0.1) is 17.8 Å². The fourth-order valence-electron chi connectivity index (χ4n) is 7.48. The van der Waals surface area contributed by atoms with Crippen molar-refractivity contribution in [2.24, 2.45) is 17.8 Å². The average Bonchev–Trinajstić information content (AvgIpc) is 3.58. The van der Waals surface area contributed by atoms with Crippen LogP contribution in [0.5, 0.6) is 0 Å². The predicted molar refractivity (Wildman–Crippen MR) is 171 cm³/mol. The molecular weight excluding hydrogens is 546 g/mol. The molecule has 1 aromatic carbocycles. The van der Waals surface area contributed by atoms with E-state index in [4.69, 9.17) is 0 Å². The van der Waals surface area contributed by atoms with E-state index in [1.54, 1.807) is 28.8 Å². The number of aliphatic hydroxyl groups is 1. The van der Waals surface area contributed by atoms with Crippen molar-refractivity contribution in [2.75, 3.05) is 37.7 Å². The molecule has 0 saturated carbocycles. The summed E-state index contributed by atoms with van der Waals surface area (Å²) in [5.41, 5.74) is 0.796. The van der Waals surface area contributed by atoms with E-state index in [9.17, 15) is 19.5 Å². The van der Waals surface area contributed by atoms with Crippen LogP contribution < -0.4 is 4.90 Å². The van der Waals surface area contributed by atoms with E-state index in [-0.39, 0.29) is 35.5 Å². The topological polar surface area (TPSA) is 81.2 Å². The van der Waals surface area contributed by atoms with Crippen LogP contribution in [0.25, 0.3) is 0 Å². The molecule has 0 radical (unpaired) electrons. The molecule has 0 aliphatic carbocycles. The first-order valence-corrected chi connectivity index (χ1v) is 16.7. The lowest BCUT2D eigenvalue weighted by molar-refractivity contribution is -0.142. The number of aliphatic hydroxyl groups excluding tert-OH is 1. The van der Waals surface area contributed by atoms with Gasteiger partial charge in [-0.2, -0.15) is 0 Å². The van der Waals surface area contributed by atoms with Gasteiger partial charge in [-0.05, 0) is 43.7 Å². The summed E-state index contributed by atoms with van der Waals surface area (Å²) in [4.78, 5) is 49.0. The van der Waals surface area contributed by atoms with Gasteiger partial charge in [-0.1, -0.05) is 69.9 Å². The molecule has 7 nitrogen and oxygen atoms in total. The Hall–Kier alpha value is -2.58. The van der Waals surface area contributed by atoms with Crippen molar-refractivity contribution in [1.82, 2.24) is 9.80 Å². The highest BCUT2D eigenvalue weighted by atomic mass is 32.2. The minimum Gasteiger partial charge on any atom is -0.396 e. The molecule has 4 rings (SSSR count). The number of thioether (sulfide) groups is 1. The highest BCUT2D eigenvalue weighted by Gasteiger charge is 2.76. The fraction of sp³-hybridized carbons (Fsp3) is 0.618. The maximum atomic E-state index is 14.6. The molecule has 3 amide bonds. The van der Waals surface area contributed by atoms with Gasteiger partial charge in [-0.3, -0.25) is 14.4 Å². The number of likely N-dealkylation sites (tertiary alicyclic amines) is 1. The van der Waals surface area contributed by atoms with Crippen LogP contribution in [0.1, 0.15) is 65.2 Å². The van der Waals surface area contributed by atoms with Gasteiger partial charge >= 0.3 is 0 Å². The molecule has 230 valence electrons. The van der Waals surface area contributed by atoms with Crippen LogP contribution in [-0.4, -0.2) is 81.5 Å². The van der Waals surface area contributed by atoms with Gasteiger partial charge in [-0.15, -0.1) is 24.9 Å². The zero-order valence-electron chi connectivity index (χ0n) is 25.5. The van der Waals surface area contributed by atoms with Gasteiger partial charge in [0.25, 0.3) is 0 Å². The number of hydrogen-bond donors (Lipinski definition) is 1. The highest BCUT2D eigenvalue weighted by molar-refractivity contribution is 8.02. The Balaban J connectivity index is 1.71. The molecule has 42 heavy (non-hydrogen) atoms. The van der Waals surface area contributed by atoms with Gasteiger partial charge < -0.3 is 19.8 Å². The van der Waals surface area contributed by atoms with Gasteiger partial charge in [0, 0.05) is 43.7 Å². The third-order valence-electron chi connectivity index (χ3n) is 9.41. The van der Waals surface area contributed by atoms with Crippen molar-refractivity contribution < 1.29 is 19.5 Å². The summed E-state index contributed by atoms with van der Waals surface area (Å²) in [5.74, 6) is -0.989. The minimum absolute atomic E-state index is 0.00341. The molecule has 2 bridgehead atoms. The molecule has 1 spiro atoms. The Labute approximate surface area is 256 Å². The first kappa shape index (κ1) is 32.3. The number of amides is 3. The molecular formula is C34H49N3O4S. The number of hydrogen-bond acceptors (Lipinski definition) is 5. The van der Waals surface area contributed by atoms with Crippen molar-refractivity contribution in [2.45, 2.75) is 81.3 Å². The molecule has 3 unspecified atom stereocenters. The monoisotopic (exact) mass is 595 g/mol. The largest absolute Gasteiger partial charge is 0.396 e. The lowest BCUT2D eigenvalue weighted by atomic mass is 9.65. The summed E-state index contributed by atoms with van der Waals surface area (Å²) >= 11 is 1.74. The number of benzene rings is 1.